The van der Waals surface area contributed by atoms with Crippen LogP contribution in [0, 0.1) is 0 Å². The fourth-order valence-electron chi connectivity index (χ4n) is 9.69. The second-order valence-electron chi connectivity index (χ2n) is 20.9. The molecule has 0 rings (SSSR count). The van der Waals surface area contributed by atoms with E-state index in [9.17, 15) is 0 Å². The molecule has 0 amide bonds. The van der Waals surface area contributed by atoms with Gasteiger partial charge in [-0.1, -0.05) is 348 Å². The Morgan fingerprint density at radius 3 is 0.391 bits per heavy atom. The summed E-state index contributed by atoms with van der Waals surface area (Å²) in [5, 5.41) is 0. The molecular formula is C60H123BO3. The minimum atomic E-state index is -0.470. The molecule has 0 aliphatic rings. The lowest BCUT2D eigenvalue weighted by atomic mass is 10.0. The predicted molar refractivity (Wildman–Crippen MR) is 290 cm³/mol. The van der Waals surface area contributed by atoms with Crippen molar-refractivity contribution in [2.24, 2.45) is 0 Å². The Kier molecular flexibility index (Phi) is 60.9. The lowest BCUT2D eigenvalue weighted by molar-refractivity contribution is 0.0885. The number of rotatable bonds is 60. The molecule has 0 aromatic rings. The van der Waals surface area contributed by atoms with Gasteiger partial charge in [-0.25, -0.2) is 0 Å². The standard InChI is InChI=1S/C60H123BO3/c1-4-7-10-13-16-19-22-25-28-31-34-37-40-43-46-49-52-55-58-62-61(63-59-56-53-50-47-44-41-38-35-32-29-26-23-20-17-14-11-8-5-2)64-60-57-54-51-48-45-42-39-36-33-30-27-24-21-18-15-12-9-6-3/h4-60H2,1-3H3. The zero-order valence-electron chi connectivity index (χ0n) is 45.1. The molecule has 0 aliphatic carbocycles. The summed E-state index contributed by atoms with van der Waals surface area (Å²) in [5.41, 5.74) is 0. The first-order chi connectivity index (χ1) is 31.8. The lowest BCUT2D eigenvalue weighted by Crippen LogP contribution is -2.28. The van der Waals surface area contributed by atoms with Gasteiger partial charge in [0.2, 0.25) is 0 Å². The highest BCUT2D eigenvalue weighted by Gasteiger charge is 2.20. The third-order valence-electron chi connectivity index (χ3n) is 14.3. The molecule has 0 N–H and O–H groups in total. The van der Waals surface area contributed by atoms with Gasteiger partial charge >= 0.3 is 7.32 Å². The fourth-order valence-corrected chi connectivity index (χ4v) is 9.69. The van der Waals surface area contributed by atoms with Crippen LogP contribution in [-0.4, -0.2) is 27.1 Å². The molecule has 0 spiro atoms. The molecule has 0 unspecified atom stereocenters. The van der Waals surface area contributed by atoms with Gasteiger partial charge in [-0.15, -0.1) is 0 Å². The Morgan fingerprint density at radius 1 is 0.156 bits per heavy atom. The summed E-state index contributed by atoms with van der Waals surface area (Å²) >= 11 is 0. The Bertz CT molecular complexity index is 678. The zero-order chi connectivity index (χ0) is 46.0. The minimum absolute atomic E-state index is 0.470. The van der Waals surface area contributed by atoms with Crippen LogP contribution in [0.5, 0.6) is 0 Å². The summed E-state index contributed by atoms with van der Waals surface area (Å²) < 4.78 is 18.6. The molecule has 0 saturated heterocycles. The van der Waals surface area contributed by atoms with E-state index in [0.717, 1.165) is 39.1 Å². The maximum Gasteiger partial charge on any atom is 0.639 e. The third kappa shape index (κ3) is 58.1. The number of hydrogen-bond acceptors (Lipinski definition) is 3. The van der Waals surface area contributed by atoms with Crippen LogP contribution in [0.15, 0.2) is 0 Å². The van der Waals surface area contributed by atoms with E-state index in [2.05, 4.69) is 20.8 Å². The highest BCUT2D eigenvalue weighted by Crippen LogP contribution is 2.18. The second-order valence-corrected chi connectivity index (χ2v) is 20.9. The largest absolute Gasteiger partial charge is 0.639 e. The van der Waals surface area contributed by atoms with Crippen LogP contribution in [0.25, 0.3) is 0 Å². The van der Waals surface area contributed by atoms with E-state index >= 15 is 0 Å². The van der Waals surface area contributed by atoms with Gasteiger partial charge in [0.15, 0.2) is 0 Å². The monoisotopic (exact) mass is 903 g/mol. The molecule has 0 atom stereocenters. The van der Waals surface area contributed by atoms with Crippen LogP contribution in [-0.2, 0) is 14.0 Å². The van der Waals surface area contributed by atoms with Crippen LogP contribution in [0.2, 0.25) is 0 Å². The van der Waals surface area contributed by atoms with Gasteiger partial charge in [0, 0.05) is 19.8 Å². The van der Waals surface area contributed by atoms with Crippen LogP contribution < -0.4 is 0 Å². The smallest absolute Gasteiger partial charge is 0.386 e. The van der Waals surface area contributed by atoms with E-state index in [4.69, 9.17) is 14.0 Å². The third-order valence-corrected chi connectivity index (χ3v) is 14.3. The summed E-state index contributed by atoms with van der Waals surface area (Å²) in [5.74, 6) is 0. The molecule has 384 valence electrons. The van der Waals surface area contributed by atoms with Crippen LogP contribution in [0.3, 0.4) is 0 Å². The van der Waals surface area contributed by atoms with Gasteiger partial charge < -0.3 is 14.0 Å². The van der Waals surface area contributed by atoms with E-state index in [1.54, 1.807) is 0 Å². The SMILES string of the molecule is CCCCCCCCCCCCCCCCCCCCOB(OCCCCCCCCCCCCCCCCCCCC)OCCCCCCCCCCCCCCCCCCCC. The minimum Gasteiger partial charge on any atom is -0.386 e. The Morgan fingerprint density at radius 2 is 0.266 bits per heavy atom. The average molecular weight is 903 g/mol. The highest BCUT2D eigenvalue weighted by molar-refractivity contribution is 6.36. The molecule has 0 bridgehead atoms. The lowest BCUT2D eigenvalue weighted by Gasteiger charge is -2.15. The Balaban J connectivity index is 3.97. The van der Waals surface area contributed by atoms with E-state index in [1.807, 2.05) is 0 Å². The molecule has 0 radical (unpaired) electrons. The number of unbranched alkanes of at least 4 members (excludes halogenated alkanes) is 51. The first kappa shape index (κ1) is 63.9. The molecule has 64 heavy (non-hydrogen) atoms. The van der Waals surface area contributed by atoms with Gasteiger partial charge in [0.05, 0.1) is 0 Å². The molecule has 0 aromatic heterocycles. The quantitative estimate of drug-likeness (QED) is 0.0450. The summed E-state index contributed by atoms with van der Waals surface area (Å²) in [7, 11) is -0.470. The average Bonchev–Trinajstić information content (AvgIpc) is 3.30. The molecule has 0 fully saturated rings. The summed E-state index contributed by atoms with van der Waals surface area (Å²) in [6.45, 7) is 9.22. The van der Waals surface area contributed by atoms with E-state index in [-0.39, 0.29) is 0 Å². The second kappa shape index (κ2) is 61.0. The first-order valence-corrected chi connectivity index (χ1v) is 30.7. The van der Waals surface area contributed by atoms with Crippen molar-refractivity contribution in [1.82, 2.24) is 0 Å². The van der Waals surface area contributed by atoms with Gasteiger partial charge in [-0.2, -0.15) is 0 Å². The zero-order valence-corrected chi connectivity index (χ0v) is 45.1. The predicted octanol–water partition coefficient (Wildman–Crippen LogP) is 22.1. The van der Waals surface area contributed by atoms with E-state index in [1.165, 1.54) is 327 Å². The van der Waals surface area contributed by atoms with Gasteiger partial charge in [-0.3, -0.25) is 0 Å². The summed E-state index contributed by atoms with van der Waals surface area (Å²) in [6, 6.07) is 0. The van der Waals surface area contributed by atoms with Crippen LogP contribution >= 0.6 is 0 Å². The highest BCUT2D eigenvalue weighted by atomic mass is 16.7. The normalized spacial score (nSPS) is 11.7. The molecule has 3 nitrogen and oxygen atoms in total. The van der Waals surface area contributed by atoms with Gasteiger partial charge in [0.25, 0.3) is 0 Å². The summed E-state index contributed by atoms with van der Waals surface area (Å²) in [4.78, 5) is 0. The Hall–Kier alpha value is -0.0551. The molecular weight excluding hydrogens is 779 g/mol. The maximum absolute atomic E-state index is 6.20. The van der Waals surface area contributed by atoms with Crippen molar-refractivity contribution in [1.29, 1.82) is 0 Å². The Labute approximate surface area is 407 Å². The van der Waals surface area contributed by atoms with Gasteiger partial charge in [0.1, 0.15) is 0 Å². The van der Waals surface area contributed by atoms with Crippen molar-refractivity contribution in [2.45, 2.75) is 367 Å². The summed E-state index contributed by atoms with van der Waals surface area (Å²) in [6.07, 6.45) is 76.0. The number of hydrogen-bond donors (Lipinski definition) is 0. The van der Waals surface area contributed by atoms with E-state index < -0.39 is 7.32 Å². The van der Waals surface area contributed by atoms with Gasteiger partial charge in [-0.05, 0) is 19.3 Å². The molecule has 0 saturated carbocycles. The molecule has 0 aromatic carbocycles. The topological polar surface area (TPSA) is 27.7 Å². The molecule has 4 heteroatoms. The van der Waals surface area contributed by atoms with Crippen LogP contribution in [0.1, 0.15) is 367 Å². The van der Waals surface area contributed by atoms with Crippen molar-refractivity contribution in [2.75, 3.05) is 19.8 Å². The first-order valence-electron chi connectivity index (χ1n) is 30.7. The van der Waals surface area contributed by atoms with Crippen molar-refractivity contribution in [3.05, 3.63) is 0 Å². The molecule has 0 heterocycles. The van der Waals surface area contributed by atoms with E-state index in [0.29, 0.717) is 0 Å². The van der Waals surface area contributed by atoms with Crippen molar-refractivity contribution >= 4 is 7.32 Å². The fraction of sp³-hybridized carbons (Fsp3) is 1.00. The van der Waals surface area contributed by atoms with Crippen molar-refractivity contribution in [3.8, 4) is 0 Å². The van der Waals surface area contributed by atoms with Crippen LogP contribution in [0.4, 0.5) is 0 Å². The maximum atomic E-state index is 6.20. The van der Waals surface area contributed by atoms with Crippen molar-refractivity contribution < 1.29 is 14.0 Å². The molecule has 0 aliphatic heterocycles. The van der Waals surface area contributed by atoms with Crippen molar-refractivity contribution in [3.63, 3.8) is 0 Å².